The molecule has 0 spiro atoms. The Bertz CT molecular complexity index is 420. The van der Waals surface area contributed by atoms with E-state index in [9.17, 15) is 14.4 Å². The summed E-state index contributed by atoms with van der Waals surface area (Å²) in [5, 5.41) is 17.5. The van der Waals surface area contributed by atoms with Crippen molar-refractivity contribution in [1.82, 2.24) is 0 Å². The van der Waals surface area contributed by atoms with Crippen molar-refractivity contribution < 1.29 is 29.3 Å². The summed E-state index contributed by atoms with van der Waals surface area (Å²) in [6.45, 7) is 3.08. The first-order valence-corrected chi connectivity index (χ1v) is 6.97. The summed E-state index contributed by atoms with van der Waals surface area (Å²) in [6.07, 6.45) is 2.03. The quantitative estimate of drug-likeness (QED) is 0.229. The molecule has 0 heterocycles. The molecule has 0 fully saturated rings. The van der Waals surface area contributed by atoms with Crippen LogP contribution in [0.1, 0.15) is 20.3 Å². The lowest BCUT2D eigenvalue weighted by Crippen LogP contribution is -2.18. The molecule has 0 saturated carbocycles. The first-order chi connectivity index (χ1) is 8.81. The van der Waals surface area contributed by atoms with Gasteiger partial charge in [0.2, 0.25) is 0 Å². The number of hydrogen-bond acceptors (Lipinski definition) is 4. The Morgan fingerprint density at radius 2 is 1.79 bits per heavy atom. The predicted molar refractivity (Wildman–Crippen MR) is 76.2 cm³/mol. The molecule has 0 aliphatic carbocycles. The number of carbonyl (C=O) groups excluding carboxylic acids is 1. The van der Waals surface area contributed by atoms with E-state index < -0.39 is 23.5 Å². The van der Waals surface area contributed by atoms with E-state index in [1.165, 1.54) is 6.92 Å². The second-order valence-electron chi connectivity index (χ2n) is 3.66. The highest BCUT2D eigenvalue weighted by Gasteiger charge is 2.14. The Kier molecular flexibility index (Phi) is 8.05. The minimum atomic E-state index is -1.39. The Morgan fingerprint density at radius 3 is 2.16 bits per heavy atom. The summed E-state index contributed by atoms with van der Waals surface area (Å²) in [7, 11) is 0. The molecule has 0 saturated heterocycles. The molecule has 1 unspecified atom stereocenters. The van der Waals surface area contributed by atoms with Gasteiger partial charge >= 0.3 is 17.9 Å². The lowest BCUT2D eigenvalue weighted by Gasteiger charge is -2.11. The maximum atomic E-state index is 11.5. The van der Waals surface area contributed by atoms with Gasteiger partial charge in [-0.1, -0.05) is 29.5 Å². The van der Waals surface area contributed by atoms with Gasteiger partial charge in [-0.2, -0.15) is 0 Å². The topological polar surface area (TPSA) is 101 Å². The Labute approximate surface area is 124 Å². The molecule has 0 amide bonds. The second-order valence-corrected chi connectivity index (χ2v) is 4.54. The third kappa shape index (κ3) is 6.94. The van der Waals surface area contributed by atoms with Gasteiger partial charge < -0.3 is 14.9 Å². The monoisotopic (exact) mass is 382 g/mol. The van der Waals surface area contributed by atoms with Gasteiger partial charge in [0.25, 0.3) is 0 Å². The van der Waals surface area contributed by atoms with Gasteiger partial charge in [-0.25, -0.2) is 14.4 Å². The van der Waals surface area contributed by atoms with Gasteiger partial charge in [0.1, 0.15) is 6.10 Å². The molecule has 0 radical (unpaired) electrons. The van der Waals surface area contributed by atoms with Crippen LogP contribution in [-0.2, 0) is 19.1 Å². The van der Waals surface area contributed by atoms with Gasteiger partial charge in [-0.15, -0.1) is 0 Å². The van der Waals surface area contributed by atoms with Crippen molar-refractivity contribution in [2.75, 3.05) is 4.43 Å². The summed E-state index contributed by atoms with van der Waals surface area (Å²) in [6, 6.07) is 0. The van der Waals surface area contributed by atoms with E-state index in [4.69, 9.17) is 14.9 Å². The highest BCUT2D eigenvalue weighted by Crippen LogP contribution is 2.07. The van der Waals surface area contributed by atoms with Crippen LogP contribution in [0.4, 0.5) is 0 Å². The summed E-state index contributed by atoms with van der Waals surface area (Å²) in [5.74, 6) is -3.44. The van der Waals surface area contributed by atoms with Crippen molar-refractivity contribution >= 4 is 40.5 Å². The molecule has 0 aromatic heterocycles. The van der Waals surface area contributed by atoms with Crippen LogP contribution in [0.15, 0.2) is 23.3 Å². The van der Waals surface area contributed by atoms with Crippen molar-refractivity contribution in [2.45, 2.75) is 26.4 Å². The van der Waals surface area contributed by atoms with E-state index in [-0.39, 0.29) is 11.7 Å². The summed E-state index contributed by atoms with van der Waals surface area (Å²) >= 11 is 2.05. The third-order valence-electron chi connectivity index (χ3n) is 2.14. The van der Waals surface area contributed by atoms with Crippen LogP contribution in [-0.4, -0.2) is 38.7 Å². The smallest absolute Gasteiger partial charge is 0.335 e. The van der Waals surface area contributed by atoms with E-state index in [0.29, 0.717) is 10.8 Å². The minimum absolute atomic E-state index is 0.178. The predicted octanol–water partition coefficient (Wildman–Crippen LogP) is 1.79. The van der Waals surface area contributed by atoms with Crippen LogP contribution in [0.5, 0.6) is 0 Å². The van der Waals surface area contributed by atoms with Crippen LogP contribution in [0, 0.1) is 0 Å². The standard InChI is InChI=1S/C12H15IO6/c1-3-9(6-13)19-10(14)5-8(12(17)18)4-7(2)11(15)16/h4-5,9H,3,6H2,1-2H3,(H,15,16)(H,17,18)/b7-4+,8-5-. The summed E-state index contributed by atoms with van der Waals surface area (Å²) < 4.78 is 5.61. The highest BCUT2D eigenvalue weighted by molar-refractivity contribution is 14.1. The molecule has 6 nitrogen and oxygen atoms in total. The first kappa shape index (κ1) is 17.6. The van der Waals surface area contributed by atoms with Gasteiger partial charge in [0.05, 0.1) is 5.57 Å². The fourth-order valence-corrected chi connectivity index (χ4v) is 1.81. The van der Waals surface area contributed by atoms with Gasteiger partial charge in [-0.05, 0) is 19.4 Å². The fraction of sp³-hybridized carbons (Fsp3) is 0.417. The van der Waals surface area contributed by atoms with Crippen molar-refractivity contribution in [1.29, 1.82) is 0 Å². The SMILES string of the molecule is CCC(CI)OC(=O)/C=C(/C=C(\C)C(=O)O)C(=O)O. The molecular formula is C12H15IO6. The number of ether oxygens (including phenoxy) is 1. The van der Waals surface area contributed by atoms with E-state index >= 15 is 0 Å². The molecule has 0 aromatic carbocycles. The van der Waals surface area contributed by atoms with Crippen LogP contribution in [0.3, 0.4) is 0 Å². The average molecular weight is 382 g/mol. The van der Waals surface area contributed by atoms with Gasteiger partial charge in [0, 0.05) is 16.1 Å². The molecule has 2 N–H and O–H groups in total. The molecule has 0 aliphatic heterocycles. The normalized spacial score (nSPS) is 13.8. The molecule has 0 aromatic rings. The van der Waals surface area contributed by atoms with Gasteiger partial charge in [0.15, 0.2) is 0 Å². The molecule has 0 rings (SSSR count). The Morgan fingerprint density at radius 1 is 1.21 bits per heavy atom. The number of rotatable bonds is 7. The zero-order valence-electron chi connectivity index (χ0n) is 10.6. The lowest BCUT2D eigenvalue weighted by molar-refractivity contribution is -0.142. The average Bonchev–Trinajstić information content (AvgIpc) is 2.34. The number of halogens is 1. The van der Waals surface area contributed by atoms with Crippen LogP contribution in [0.25, 0.3) is 0 Å². The largest absolute Gasteiger partial charge is 0.478 e. The minimum Gasteiger partial charge on any atom is -0.478 e. The summed E-state index contributed by atoms with van der Waals surface area (Å²) in [4.78, 5) is 33.0. The molecule has 106 valence electrons. The highest BCUT2D eigenvalue weighted by atomic mass is 127. The molecule has 0 aliphatic rings. The van der Waals surface area contributed by atoms with E-state index in [1.54, 1.807) is 0 Å². The third-order valence-corrected chi connectivity index (χ3v) is 3.12. The van der Waals surface area contributed by atoms with Gasteiger partial charge in [-0.3, -0.25) is 0 Å². The number of carbonyl (C=O) groups is 3. The Hall–Kier alpha value is -1.38. The molecule has 19 heavy (non-hydrogen) atoms. The van der Waals surface area contributed by atoms with Crippen molar-refractivity contribution in [3.8, 4) is 0 Å². The van der Waals surface area contributed by atoms with E-state index in [0.717, 1.165) is 12.2 Å². The molecule has 1 atom stereocenters. The zero-order chi connectivity index (χ0) is 15.0. The first-order valence-electron chi connectivity index (χ1n) is 5.44. The van der Waals surface area contributed by atoms with E-state index in [1.807, 2.05) is 6.92 Å². The number of carboxylic acids is 2. The molecular weight excluding hydrogens is 367 g/mol. The number of aliphatic carboxylic acids is 2. The van der Waals surface area contributed by atoms with Crippen LogP contribution < -0.4 is 0 Å². The number of alkyl halides is 1. The van der Waals surface area contributed by atoms with Crippen molar-refractivity contribution in [3.63, 3.8) is 0 Å². The zero-order valence-corrected chi connectivity index (χ0v) is 12.7. The van der Waals surface area contributed by atoms with Crippen molar-refractivity contribution in [3.05, 3.63) is 23.3 Å². The van der Waals surface area contributed by atoms with Crippen molar-refractivity contribution in [2.24, 2.45) is 0 Å². The molecule has 0 bridgehead atoms. The maximum Gasteiger partial charge on any atom is 0.335 e. The Balaban J connectivity index is 5.04. The summed E-state index contributed by atoms with van der Waals surface area (Å²) in [5.41, 5.74) is -0.601. The maximum absolute atomic E-state index is 11.5. The van der Waals surface area contributed by atoms with Crippen LogP contribution >= 0.6 is 22.6 Å². The number of carboxylic acid groups (broad SMARTS) is 2. The fourth-order valence-electron chi connectivity index (χ4n) is 1.01. The second kappa shape index (κ2) is 8.68. The number of esters is 1. The van der Waals surface area contributed by atoms with Crippen LogP contribution in [0.2, 0.25) is 0 Å². The molecule has 7 heteroatoms. The van der Waals surface area contributed by atoms with E-state index in [2.05, 4.69) is 22.6 Å². The lowest BCUT2D eigenvalue weighted by atomic mass is 10.1. The number of hydrogen-bond donors (Lipinski definition) is 2.